The monoisotopic (exact) mass is 528 g/mol. The highest BCUT2D eigenvalue weighted by Gasteiger charge is 2.15. The third kappa shape index (κ3) is 10.5. The van der Waals surface area contributed by atoms with Gasteiger partial charge < -0.3 is 20.7 Å². The maximum atomic E-state index is 11.6. The van der Waals surface area contributed by atoms with Gasteiger partial charge in [0.25, 0.3) is 0 Å². The summed E-state index contributed by atoms with van der Waals surface area (Å²) in [4.78, 5) is 15.8. The largest absolute Gasteiger partial charge is 0.444 e. The predicted octanol–water partition coefficient (Wildman–Crippen LogP) is 3.13. The van der Waals surface area contributed by atoms with E-state index < -0.39 is 11.7 Å². The molecule has 30 heavy (non-hydrogen) atoms. The lowest BCUT2D eigenvalue weighted by Gasteiger charge is -2.19. The number of halogens is 1. The van der Waals surface area contributed by atoms with E-state index in [2.05, 4.69) is 44.2 Å². The van der Waals surface area contributed by atoms with Crippen LogP contribution in [-0.2, 0) is 17.8 Å². The number of benzene rings is 1. The van der Waals surface area contributed by atoms with Gasteiger partial charge >= 0.3 is 6.09 Å². The number of rotatable bonds is 8. The summed E-state index contributed by atoms with van der Waals surface area (Å²) in [5.41, 5.74) is 1.89. The number of ether oxygens (including phenoxy) is 1. The van der Waals surface area contributed by atoms with Crippen LogP contribution in [0, 0.1) is 0 Å². The van der Waals surface area contributed by atoms with Crippen molar-refractivity contribution >= 4 is 36.0 Å². The molecule has 0 unspecified atom stereocenters. The van der Waals surface area contributed by atoms with Crippen LogP contribution in [0.4, 0.5) is 4.79 Å². The van der Waals surface area contributed by atoms with Gasteiger partial charge in [-0.15, -0.1) is 24.0 Å². The summed E-state index contributed by atoms with van der Waals surface area (Å²) in [6, 6.07) is 10.3. The number of aliphatic imine (C=N–C) groups is 1. The first-order valence-corrected chi connectivity index (χ1v) is 9.82. The smallest absolute Gasteiger partial charge is 0.407 e. The lowest BCUT2D eigenvalue weighted by Crippen LogP contribution is -2.39. The standard InChI is InChI=1S/C21H32N6O2.HI/c1-21(2,3)29-20(28)24-11-6-10-23-19(22-4)25-15-17-8-5-9-18(14-17)16-27-13-7-12-26-27;/h5,7-9,12-14H,6,10-11,15-16H2,1-4H3,(H,24,28)(H2,22,23,25);1H. The number of aromatic nitrogens is 2. The molecule has 166 valence electrons. The van der Waals surface area contributed by atoms with Gasteiger partial charge in [-0.25, -0.2) is 4.79 Å². The van der Waals surface area contributed by atoms with Crippen molar-refractivity contribution in [3.63, 3.8) is 0 Å². The maximum Gasteiger partial charge on any atom is 0.407 e. The maximum absolute atomic E-state index is 11.6. The number of carbonyl (C=O) groups is 1. The lowest BCUT2D eigenvalue weighted by molar-refractivity contribution is 0.0527. The van der Waals surface area contributed by atoms with Crippen molar-refractivity contribution in [2.24, 2.45) is 4.99 Å². The summed E-state index contributed by atoms with van der Waals surface area (Å²) >= 11 is 0. The van der Waals surface area contributed by atoms with Crippen molar-refractivity contribution in [2.75, 3.05) is 20.1 Å². The number of nitrogens with one attached hydrogen (secondary N) is 3. The van der Waals surface area contributed by atoms with Crippen molar-refractivity contribution in [1.29, 1.82) is 0 Å². The lowest BCUT2D eigenvalue weighted by atomic mass is 10.1. The first-order valence-electron chi connectivity index (χ1n) is 9.82. The van der Waals surface area contributed by atoms with Crippen LogP contribution in [0.3, 0.4) is 0 Å². The molecule has 1 heterocycles. The molecule has 1 amide bonds. The molecule has 0 saturated carbocycles. The molecule has 0 spiro atoms. The van der Waals surface area contributed by atoms with Crippen LogP contribution in [0.1, 0.15) is 38.3 Å². The summed E-state index contributed by atoms with van der Waals surface area (Å²) in [6.07, 6.45) is 4.10. The van der Waals surface area contributed by atoms with Gasteiger partial charge in [-0.2, -0.15) is 5.10 Å². The normalized spacial score (nSPS) is 11.4. The Bertz CT molecular complexity index is 787. The zero-order valence-electron chi connectivity index (χ0n) is 18.1. The van der Waals surface area contributed by atoms with Gasteiger partial charge in [0.15, 0.2) is 5.96 Å². The van der Waals surface area contributed by atoms with Gasteiger partial charge in [-0.05, 0) is 44.4 Å². The number of hydrogen-bond donors (Lipinski definition) is 3. The molecule has 0 aliphatic rings. The molecule has 2 rings (SSSR count). The van der Waals surface area contributed by atoms with E-state index >= 15 is 0 Å². The van der Waals surface area contributed by atoms with E-state index in [0.29, 0.717) is 19.6 Å². The molecular weight excluding hydrogens is 495 g/mol. The van der Waals surface area contributed by atoms with Crippen LogP contribution < -0.4 is 16.0 Å². The summed E-state index contributed by atoms with van der Waals surface area (Å²) in [5, 5.41) is 13.5. The molecule has 0 aliphatic heterocycles. The van der Waals surface area contributed by atoms with E-state index in [1.54, 1.807) is 13.2 Å². The zero-order chi connectivity index (χ0) is 21.1. The van der Waals surface area contributed by atoms with Gasteiger partial charge in [0.1, 0.15) is 5.60 Å². The molecule has 0 atom stereocenters. The quantitative estimate of drug-likeness (QED) is 0.212. The van der Waals surface area contributed by atoms with Crippen molar-refractivity contribution in [1.82, 2.24) is 25.7 Å². The molecule has 0 fully saturated rings. The van der Waals surface area contributed by atoms with Gasteiger partial charge in [0.05, 0.1) is 6.54 Å². The minimum atomic E-state index is -0.482. The zero-order valence-corrected chi connectivity index (χ0v) is 20.5. The highest BCUT2D eigenvalue weighted by atomic mass is 127. The summed E-state index contributed by atoms with van der Waals surface area (Å²) in [6.45, 7) is 8.18. The van der Waals surface area contributed by atoms with Crippen molar-refractivity contribution in [2.45, 2.75) is 45.9 Å². The minimum absolute atomic E-state index is 0. The first kappa shape index (κ1) is 25.7. The summed E-state index contributed by atoms with van der Waals surface area (Å²) < 4.78 is 7.11. The second kappa shape index (κ2) is 13.1. The summed E-state index contributed by atoms with van der Waals surface area (Å²) in [5.74, 6) is 0.722. The Labute approximate surface area is 195 Å². The number of hydrogen-bond acceptors (Lipinski definition) is 4. The molecule has 0 saturated heterocycles. The number of nitrogens with zero attached hydrogens (tertiary/aromatic N) is 3. The van der Waals surface area contributed by atoms with Gasteiger partial charge in [0, 0.05) is 39.1 Å². The molecule has 0 bridgehead atoms. The molecule has 3 N–H and O–H groups in total. The average molecular weight is 528 g/mol. The fourth-order valence-corrected chi connectivity index (χ4v) is 2.63. The molecule has 8 nitrogen and oxygen atoms in total. The van der Waals surface area contributed by atoms with Gasteiger partial charge in [0.2, 0.25) is 0 Å². The Morgan fingerprint density at radius 2 is 1.87 bits per heavy atom. The van der Waals surface area contributed by atoms with E-state index in [0.717, 1.165) is 18.9 Å². The van der Waals surface area contributed by atoms with Crippen molar-refractivity contribution < 1.29 is 9.53 Å². The van der Waals surface area contributed by atoms with Gasteiger partial charge in [-0.1, -0.05) is 24.3 Å². The molecule has 1 aromatic heterocycles. The molecule has 0 radical (unpaired) electrons. The third-order valence-electron chi connectivity index (χ3n) is 3.89. The Hall–Kier alpha value is -2.30. The highest BCUT2D eigenvalue weighted by molar-refractivity contribution is 14.0. The van der Waals surface area contributed by atoms with Crippen LogP contribution in [0.15, 0.2) is 47.7 Å². The van der Waals surface area contributed by atoms with E-state index in [-0.39, 0.29) is 24.0 Å². The Kier molecular flexibility index (Phi) is 11.2. The van der Waals surface area contributed by atoms with Crippen LogP contribution in [0.5, 0.6) is 0 Å². The number of carbonyl (C=O) groups excluding carboxylic acids is 1. The predicted molar refractivity (Wildman–Crippen MR) is 130 cm³/mol. The number of alkyl carbamates (subject to hydrolysis) is 1. The number of amides is 1. The fraction of sp³-hybridized carbons (Fsp3) is 0.476. The van der Waals surface area contributed by atoms with E-state index in [1.807, 2.05) is 43.8 Å². The van der Waals surface area contributed by atoms with Crippen LogP contribution >= 0.6 is 24.0 Å². The number of guanidine groups is 1. The third-order valence-corrected chi connectivity index (χ3v) is 3.89. The van der Waals surface area contributed by atoms with E-state index in [1.165, 1.54) is 11.1 Å². The first-order chi connectivity index (χ1) is 13.9. The Morgan fingerprint density at radius 3 is 2.53 bits per heavy atom. The van der Waals surface area contributed by atoms with Gasteiger partial charge in [-0.3, -0.25) is 9.67 Å². The van der Waals surface area contributed by atoms with Crippen LogP contribution in [-0.4, -0.2) is 47.6 Å². The van der Waals surface area contributed by atoms with Crippen molar-refractivity contribution in [3.8, 4) is 0 Å². The topological polar surface area (TPSA) is 92.6 Å². The van der Waals surface area contributed by atoms with E-state index in [9.17, 15) is 4.79 Å². The average Bonchev–Trinajstić information content (AvgIpc) is 3.16. The Morgan fingerprint density at radius 1 is 1.13 bits per heavy atom. The molecular formula is C21H33IN6O2. The fourth-order valence-electron chi connectivity index (χ4n) is 2.63. The SMILES string of the molecule is CN=C(NCCCNC(=O)OC(C)(C)C)NCc1cccc(Cn2cccn2)c1.I. The Balaban J connectivity index is 0.00000450. The van der Waals surface area contributed by atoms with Crippen LogP contribution in [0.25, 0.3) is 0 Å². The molecule has 0 aliphatic carbocycles. The van der Waals surface area contributed by atoms with Crippen LogP contribution in [0.2, 0.25) is 0 Å². The summed E-state index contributed by atoms with van der Waals surface area (Å²) in [7, 11) is 1.74. The van der Waals surface area contributed by atoms with E-state index in [4.69, 9.17) is 4.74 Å². The second-order valence-electron chi connectivity index (χ2n) is 7.66. The second-order valence-corrected chi connectivity index (χ2v) is 7.66. The minimum Gasteiger partial charge on any atom is -0.444 e. The molecule has 9 heteroatoms. The molecule has 1 aromatic carbocycles. The van der Waals surface area contributed by atoms with Crippen molar-refractivity contribution in [3.05, 3.63) is 53.9 Å². The molecule has 2 aromatic rings. The highest BCUT2D eigenvalue weighted by Crippen LogP contribution is 2.07.